The fraction of sp³-hybridized carbons (Fsp3) is 0.200. The maximum atomic E-state index is 9.38. The first kappa shape index (κ1) is 22.4. The molecule has 0 atom stereocenters. The molecule has 28 heavy (non-hydrogen) atoms. The minimum absolute atomic E-state index is 0.369. The third-order valence-electron chi connectivity index (χ3n) is 3.54. The number of hydrogen-bond donors (Lipinski definition) is 0. The Labute approximate surface area is 184 Å². The predicted molar refractivity (Wildman–Crippen MR) is 114 cm³/mol. The lowest BCUT2D eigenvalue weighted by Gasteiger charge is -2.10. The number of nitriles is 1. The highest BCUT2D eigenvalue weighted by atomic mass is 35.5. The maximum Gasteiger partial charge on any atom is 0.131 e. The van der Waals surface area contributed by atoms with E-state index in [1.54, 1.807) is 24.3 Å². The van der Waals surface area contributed by atoms with Crippen molar-refractivity contribution in [2.24, 2.45) is 0 Å². The largest absolute Gasteiger partial charge is 0.239 e. The van der Waals surface area contributed by atoms with Crippen molar-refractivity contribution >= 4 is 46.4 Å². The zero-order valence-corrected chi connectivity index (χ0v) is 18.4. The zero-order valence-electron chi connectivity index (χ0n) is 15.3. The fourth-order valence-corrected chi connectivity index (χ4v) is 3.57. The number of aromatic nitrogens is 3. The van der Waals surface area contributed by atoms with E-state index in [4.69, 9.17) is 46.4 Å². The SMILES string of the molecule is Cc1cc(Cl)nc(C(C#N)c2cc(C)cc(Cl)n2)c1.Cc1cc(Cl)nc(Cl)c1. The van der Waals surface area contributed by atoms with Crippen LogP contribution in [0.15, 0.2) is 36.4 Å². The quantitative estimate of drug-likeness (QED) is 0.402. The molecule has 8 heteroatoms. The molecule has 0 amide bonds. The van der Waals surface area contributed by atoms with Crippen LogP contribution in [0.25, 0.3) is 0 Å². The van der Waals surface area contributed by atoms with Crippen LogP contribution in [-0.2, 0) is 0 Å². The molecule has 0 aliphatic heterocycles. The predicted octanol–water partition coefficient (Wildman–Crippen LogP) is 6.75. The summed E-state index contributed by atoms with van der Waals surface area (Å²) in [5, 5.41) is 11.0. The van der Waals surface area contributed by atoms with Crippen LogP contribution in [0.1, 0.15) is 34.0 Å². The lowest BCUT2D eigenvalue weighted by molar-refractivity contribution is 0.911. The summed E-state index contributed by atoms with van der Waals surface area (Å²) < 4.78 is 0. The lowest BCUT2D eigenvalue weighted by atomic mass is 9.99. The number of nitrogens with zero attached hydrogens (tertiary/aromatic N) is 4. The Morgan fingerprint density at radius 1 is 0.643 bits per heavy atom. The van der Waals surface area contributed by atoms with E-state index in [9.17, 15) is 5.26 Å². The minimum Gasteiger partial charge on any atom is -0.239 e. The van der Waals surface area contributed by atoms with Gasteiger partial charge in [0.05, 0.1) is 17.5 Å². The molecule has 0 aromatic carbocycles. The van der Waals surface area contributed by atoms with Crippen molar-refractivity contribution in [1.29, 1.82) is 5.26 Å². The Morgan fingerprint density at radius 3 is 1.25 bits per heavy atom. The Bertz CT molecular complexity index is 889. The van der Waals surface area contributed by atoms with Crippen LogP contribution >= 0.6 is 46.4 Å². The van der Waals surface area contributed by atoms with E-state index >= 15 is 0 Å². The summed E-state index contributed by atoms with van der Waals surface area (Å²) in [5.74, 6) is -0.574. The molecule has 3 heterocycles. The third-order valence-corrected chi connectivity index (χ3v) is 4.32. The lowest BCUT2D eigenvalue weighted by Crippen LogP contribution is -2.05. The fourth-order valence-electron chi connectivity index (χ4n) is 2.46. The van der Waals surface area contributed by atoms with Crippen LogP contribution in [0.4, 0.5) is 0 Å². The second kappa shape index (κ2) is 10.0. The first-order valence-corrected chi connectivity index (χ1v) is 9.66. The van der Waals surface area contributed by atoms with Gasteiger partial charge in [0.1, 0.15) is 26.5 Å². The van der Waals surface area contributed by atoms with Gasteiger partial charge in [-0.2, -0.15) is 5.26 Å². The molecule has 3 aromatic rings. The van der Waals surface area contributed by atoms with Gasteiger partial charge in [-0.1, -0.05) is 46.4 Å². The first-order valence-electron chi connectivity index (χ1n) is 8.15. The highest BCUT2D eigenvalue weighted by molar-refractivity contribution is 6.32. The van der Waals surface area contributed by atoms with Crippen LogP contribution in [0, 0.1) is 32.1 Å². The van der Waals surface area contributed by atoms with Crippen molar-refractivity contribution in [3.05, 3.63) is 85.1 Å². The molecule has 3 aromatic heterocycles. The zero-order chi connectivity index (χ0) is 20.8. The first-order chi connectivity index (χ1) is 13.2. The summed E-state index contributed by atoms with van der Waals surface area (Å²) >= 11 is 23.0. The number of rotatable bonds is 2. The van der Waals surface area contributed by atoms with Gasteiger partial charge in [0.2, 0.25) is 0 Å². The topological polar surface area (TPSA) is 62.5 Å². The van der Waals surface area contributed by atoms with Crippen LogP contribution in [0.5, 0.6) is 0 Å². The van der Waals surface area contributed by atoms with Gasteiger partial charge in [-0.3, -0.25) is 0 Å². The van der Waals surface area contributed by atoms with E-state index in [2.05, 4.69) is 21.0 Å². The van der Waals surface area contributed by atoms with E-state index in [0.717, 1.165) is 16.7 Å². The molecule has 0 fully saturated rings. The summed E-state index contributed by atoms with van der Waals surface area (Å²) in [6.45, 7) is 5.73. The van der Waals surface area contributed by atoms with E-state index in [-0.39, 0.29) is 0 Å². The molecular weight excluding hydrogens is 438 g/mol. The normalized spacial score (nSPS) is 10.2. The molecule has 0 N–H and O–H groups in total. The van der Waals surface area contributed by atoms with Crippen LogP contribution in [-0.4, -0.2) is 15.0 Å². The van der Waals surface area contributed by atoms with Gasteiger partial charge in [-0.05, 0) is 73.9 Å². The van der Waals surface area contributed by atoms with Crippen molar-refractivity contribution < 1.29 is 0 Å². The molecule has 0 saturated carbocycles. The van der Waals surface area contributed by atoms with Gasteiger partial charge in [-0.15, -0.1) is 0 Å². The van der Waals surface area contributed by atoms with Gasteiger partial charge in [-0.25, -0.2) is 15.0 Å². The summed E-state index contributed by atoms with van der Waals surface area (Å²) in [4.78, 5) is 12.2. The molecule has 4 nitrogen and oxygen atoms in total. The second-order valence-corrected chi connectivity index (χ2v) is 7.69. The van der Waals surface area contributed by atoms with Crippen molar-refractivity contribution in [3.63, 3.8) is 0 Å². The Kier molecular flexibility index (Phi) is 8.03. The molecule has 0 radical (unpaired) electrons. The van der Waals surface area contributed by atoms with E-state index in [0.29, 0.717) is 32.0 Å². The van der Waals surface area contributed by atoms with Crippen molar-refractivity contribution in [1.82, 2.24) is 15.0 Å². The molecule has 0 aliphatic carbocycles. The highest BCUT2D eigenvalue weighted by Crippen LogP contribution is 2.25. The third kappa shape index (κ3) is 6.61. The molecule has 0 aliphatic rings. The van der Waals surface area contributed by atoms with E-state index < -0.39 is 5.92 Å². The Morgan fingerprint density at radius 2 is 0.964 bits per heavy atom. The molecule has 0 unspecified atom stereocenters. The van der Waals surface area contributed by atoms with Crippen molar-refractivity contribution in [3.8, 4) is 6.07 Å². The average molecular weight is 454 g/mol. The second-order valence-electron chi connectivity index (χ2n) is 6.14. The Balaban J connectivity index is 0.000000261. The Hall–Kier alpha value is -1.90. The highest BCUT2D eigenvalue weighted by Gasteiger charge is 2.18. The monoisotopic (exact) mass is 452 g/mol. The summed E-state index contributed by atoms with van der Waals surface area (Å²) in [7, 11) is 0. The summed E-state index contributed by atoms with van der Waals surface area (Å²) in [6.07, 6.45) is 0. The van der Waals surface area contributed by atoms with Crippen LogP contribution in [0.2, 0.25) is 20.6 Å². The van der Waals surface area contributed by atoms with Gasteiger partial charge in [0.15, 0.2) is 0 Å². The maximum absolute atomic E-state index is 9.38. The molecule has 3 rings (SSSR count). The van der Waals surface area contributed by atoms with Crippen LogP contribution in [0.3, 0.4) is 0 Å². The number of aryl methyl sites for hydroxylation is 3. The van der Waals surface area contributed by atoms with Gasteiger partial charge >= 0.3 is 0 Å². The van der Waals surface area contributed by atoms with E-state index in [1.807, 2.05) is 32.9 Å². The van der Waals surface area contributed by atoms with E-state index in [1.165, 1.54) is 0 Å². The van der Waals surface area contributed by atoms with Gasteiger partial charge < -0.3 is 0 Å². The molecular formula is C20H16Cl4N4. The van der Waals surface area contributed by atoms with Crippen molar-refractivity contribution in [2.75, 3.05) is 0 Å². The summed E-state index contributed by atoms with van der Waals surface area (Å²) in [5.41, 5.74) is 4.10. The smallest absolute Gasteiger partial charge is 0.131 e. The van der Waals surface area contributed by atoms with Gasteiger partial charge in [0.25, 0.3) is 0 Å². The van der Waals surface area contributed by atoms with Crippen LogP contribution < -0.4 is 0 Å². The average Bonchev–Trinajstić information content (AvgIpc) is 2.53. The molecule has 0 bridgehead atoms. The van der Waals surface area contributed by atoms with Crippen molar-refractivity contribution in [2.45, 2.75) is 26.7 Å². The standard InChI is InChI=1S/C14H11Cl2N3.C6H5Cl2N/c1-8-3-11(18-13(15)5-8)10(7-17)12-4-9(2)6-14(16)19-12;1-4-2-5(7)9-6(8)3-4/h3-6,10H,1-2H3;2-3H,1H3. The number of hydrogen-bond acceptors (Lipinski definition) is 4. The minimum atomic E-state index is -0.574. The molecule has 144 valence electrons. The molecule has 0 spiro atoms. The summed E-state index contributed by atoms with van der Waals surface area (Å²) in [6, 6.07) is 12.9. The van der Waals surface area contributed by atoms with Gasteiger partial charge in [0, 0.05) is 0 Å². The molecule has 0 saturated heterocycles. The number of pyridine rings is 3. The number of halogens is 4.